The van der Waals surface area contributed by atoms with Crippen LogP contribution < -0.4 is 5.32 Å². The number of nitrogens with zero attached hydrogens (tertiary/aromatic N) is 3. The topological polar surface area (TPSA) is 71.3 Å². The molecule has 0 saturated carbocycles. The summed E-state index contributed by atoms with van der Waals surface area (Å²) in [6.45, 7) is 1.44. The van der Waals surface area contributed by atoms with Gasteiger partial charge in [0.25, 0.3) is 0 Å². The highest BCUT2D eigenvalue weighted by Gasteiger charge is 2.33. The van der Waals surface area contributed by atoms with E-state index in [0.29, 0.717) is 31.1 Å². The lowest BCUT2D eigenvalue weighted by atomic mass is 10.1. The molecule has 0 aliphatic carbocycles. The van der Waals surface area contributed by atoms with Crippen molar-refractivity contribution in [2.75, 3.05) is 20.1 Å². The Bertz CT molecular complexity index is 692. The summed E-state index contributed by atoms with van der Waals surface area (Å²) < 4.78 is 6.49. The van der Waals surface area contributed by atoms with Crippen LogP contribution in [-0.2, 0) is 11.2 Å². The summed E-state index contributed by atoms with van der Waals surface area (Å²) in [6, 6.07) is 7.97. The molecule has 136 valence electrons. The second-order valence-corrected chi connectivity index (χ2v) is 6.87. The minimum atomic E-state index is -0.0828. The van der Waals surface area contributed by atoms with Crippen LogP contribution >= 0.6 is 28.3 Å². The summed E-state index contributed by atoms with van der Waals surface area (Å²) in [6.07, 6.45) is 2.97. The van der Waals surface area contributed by atoms with Gasteiger partial charge in [-0.2, -0.15) is 4.98 Å². The molecule has 1 amide bonds. The van der Waals surface area contributed by atoms with Gasteiger partial charge < -0.3 is 14.7 Å². The molecule has 1 unspecified atom stereocenters. The van der Waals surface area contributed by atoms with E-state index in [9.17, 15) is 4.79 Å². The Kier molecular flexibility index (Phi) is 7.40. The van der Waals surface area contributed by atoms with Gasteiger partial charge in [0.1, 0.15) is 6.04 Å². The maximum Gasteiger partial charge on any atom is 0.249 e. The molecule has 0 radical (unpaired) electrons. The largest absolute Gasteiger partial charge is 0.337 e. The molecule has 25 heavy (non-hydrogen) atoms. The van der Waals surface area contributed by atoms with Gasteiger partial charge in [-0.3, -0.25) is 4.79 Å². The number of amides is 1. The van der Waals surface area contributed by atoms with Crippen molar-refractivity contribution in [3.8, 4) is 0 Å². The average molecular weight is 430 g/mol. The summed E-state index contributed by atoms with van der Waals surface area (Å²) >= 11 is 3.43. The standard InChI is InChI=1S/C17H21BrN4O2.ClH/c1-19-9-8-16(23)22-10-2-3-14(22)17-20-15(21-24-17)11-12-4-6-13(18)7-5-12;/h4-7,14,19H,2-3,8-11H2,1H3;1H. The van der Waals surface area contributed by atoms with Crippen LogP contribution in [-0.4, -0.2) is 41.1 Å². The average Bonchev–Trinajstić information content (AvgIpc) is 3.23. The fraction of sp³-hybridized carbons (Fsp3) is 0.471. The first-order valence-corrected chi connectivity index (χ1v) is 8.97. The van der Waals surface area contributed by atoms with Gasteiger partial charge in [0.05, 0.1) is 0 Å². The molecule has 1 fully saturated rings. The van der Waals surface area contributed by atoms with Gasteiger partial charge in [0.15, 0.2) is 5.82 Å². The number of carbonyl (C=O) groups is 1. The Morgan fingerprint density at radius 1 is 1.40 bits per heavy atom. The number of nitrogens with one attached hydrogen (secondary N) is 1. The highest BCUT2D eigenvalue weighted by molar-refractivity contribution is 9.10. The highest BCUT2D eigenvalue weighted by Crippen LogP contribution is 2.31. The summed E-state index contributed by atoms with van der Waals surface area (Å²) in [5.41, 5.74) is 1.12. The highest BCUT2D eigenvalue weighted by atomic mass is 79.9. The molecule has 1 atom stereocenters. The van der Waals surface area contributed by atoms with E-state index in [1.54, 1.807) is 0 Å². The van der Waals surface area contributed by atoms with Crippen molar-refractivity contribution >= 4 is 34.2 Å². The van der Waals surface area contributed by atoms with Gasteiger partial charge >= 0.3 is 0 Å². The van der Waals surface area contributed by atoms with Crippen LogP contribution in [0.3, 0.4) is 0 Å². The minimum Gasteiger partial charge on any atom is -0.337 e. The molecule has 6 nitrogen and oxygen atoms in total. The number of likely N-dealkylation sites (tertiary alicyclic amines) is 1. The lowest BCUT2D eigenvalue weighted by Crippen LogP contribution is -2.32. The van der Waals surface area contributed by atoms with Gasteiger partial charge in [0, 0.05) is 30.4 Å². The van der Waals surface area contributed by atoms with E-state index < -0.39 is 0 Å². The van der Waals surface area contributed by atoms with Crippen LogP contribution in [0.25, 0.3) is 0 Å². The van der Waals surface area contributed by atoms with Crippen LogP contribution in [0.15, 0.2) is 33.3 Å². The Morgan fingerprint density at radius 2 is 2.16 bits per heavy atom. The van der Waals surface area contributed by atoms with Crippen LogP contribution in [0.4, 0.5) is 0 Å². The molecule has 1 N–H and O–H groups in total. The van der Waals surface area contributed by atoms with E-state index in [-0.39, 0.29) is 24.4 Å². The van der Waals surface area contributed by atoms with Crippen molar-refractivity contribution in [2.24, 2.45) is 0 Å². The third kappa shape index (κ3) is 5.03. The van der Waals surface area contributed by atoms with Crippen molar-refractivity contribution < 1.29 is 9.32 Å². The fourth-order valence-electron chi connectivity index (χ4n) is 2.96. The first kappa shape index (κ1) is 19.9. The lowest BCUT2D eigenvalue weighted by molar-refractivity contribution is -0.132. The number of rotatable bonds is 6. The zero-order valence-electron chi connectivity index (χ0n) is 14.1. The first-order chi connectivity index (χ1) is 11.7. The zero-order valence-corrected chi connectivity index (χ0v) is 16.5. The smallest absolute Gasteiger partial charge is 0.249 e. The van der Waals surface area contributed by atoms with E-state index in [0.717, 1.165) is 29.4 Å². The summed E-state index contributed by atoms with van der Waals surface area (Å²) in [4.78, 5) is 18.7. The number of benzene rings is 1. The SMILES string of the molecule is CNCCC(=O)N1CCCC1c1nc(Cc2ccc(Br)cc2)no1.Cl. The minimum absolute atomic E-state index is 0. The Morgan fingerprint density at radius 3 is 2.88 bits per heavy atom. The van der Waals surface area contributed by atoms with Crippen molar-refractivity contribution in [3.63, 3.8) is 0 Å². The molecule has 0 spiro atoms. The van der Waals surface area contributed by atoms with Crippen LogP contribution in [0, 0.1) is 0 Å². The van der Waals surface area contributed by atoms with Gasteiger partial charge in [-0.1, -0.05) is 33.2 Å². The third-order valence-corrected chi connectivity index (χ3v) is 4.74. The number of halogens is 2. The molecule has 8 heteroatoms. The van der Waals surface area contributed by atoms with Crippen LogP contribution in [0.1, 0.15) is 42.6 Å². The van der Waals surface area contributed by atoms with Crippen molar-refractivity contribution in [3.05, 3.63) is 46.0 Å². The quantitative estimate of drug-likeness (QED) is 0.764. The monoisotopic (exact) mass is 428 g/mol. The Hall–Kier alpha value is -1.44. The number of aromatic nitrogens is 2. The van der Waals surface area contributed by atoms with Crippen LogP contribution in [0.2, 0.25) is 0 Å². The normalized spacial score (nSPS) is 16.7. The summed E-state index contributed by atoms with van der Waals surface area (Å²) in [7, 11) is 1.85. The van der Waals surface area contributed by atoms with Crippen LogP contribution in [0.5, 0.6) is 0 Å². The molecule has 1 aliphatic heterocycles. The maximum absolute atomic E-state index is 12.3. The van der Waals surface area contributed by atoms with Gasteiger partial charge in [-0.05, 0) is 37.6 Å². The Labute approximate surface area is 161 Å². The van der Waals surface area contributed by atoms with E-state index in [2.05, 4.69) is 31.4 Å². The van der Waals surface area contributed by atoms with E-state index in [1.165, 1.54) is 0 Å². The first-order valence-electron chi connectivity index (χ1n) is 8.18. The second-order valence-electron chi connectivity index (χ2n) is 5.95. The summed E-state index contributed by atoms with van der Waals surface area (Å²) in [5.74, 6) is 1.35. The van der Waals surface area contributed by atoms with Crippen molar-refractivity contribution in [1.29, 1.82) is 0 Å². The van der Waals surface area contributed by atoms with E-state index in [1.807, 2.05) is 36.2 Å². The number of hydrogen-bond acceptors (Lipinski definition) is 5. The molecule has 1 aliphatic rings. The van der Waals surface area contributed by atoms with Gasteiger partial charge in [0.2, 0.25) is 11.8 Å². The predicted molar refractivity (Wildman–Crippen MR) is 101 cm³/mol. The van der Waals surface area contributed by atoms with E-state index in [4.69, 9.17) is 4.52 Å². The number of hydrogen-bond donors (Lipinski definition) is 1. The summed E-state index contributed by atoms with van der Waals surface area (Å²) in [5, 5.41) is 7.10. The zero-order chi connectivity index (χ0) is 16.9. The fourth-order valence-corrected chi connectivity index (χ4v) is 3.22. The molecule has 2 aromatic rings. The third-order valence-electron chi connectivity index (χ3n) is 4.21. The molecular formula is C17H22BrClN4O2. The molecule has 1 aromatic heterocycles. The molecule has 2 heterocycles. The lowest BCUT2D eigenvalue weighted by Gasteiger charge is -2.21. The van der Waals surface area contributed by atoms with Crippen molar-refractivity contribution in [2.45, 2.75) is 31.7 Å². The molecule has 3 rings (SSSR count). The molecule has 0 bridgehead atoms. The second kappa shape index (κ2) is 9.31. The molecular weight excluding hydrogens is 408 g/mol. The van der Waals surface area contributed by atoms with E-state index >= 15 is 0 Å². The van der Waals surface area contributed by atoms with Gasteiger partial charge in [-0.25, -0.2) is 0 Å². The number of carbonyl (C=O) groups excluding carboxylic acids is 1. The van der Waals surface area contributed by atoms with Gasteiger partial charge in [-0.15, -0.1) is 12.4 Å². The predicted octanol–water partition coefficient (Wildman–Crippen LogP) is 3.12. The maximum atomic E-state index is 12.3. The Balaban J connectivity index is 0.00000225. The molecule has 1 saturated heterocycles. The van der Waals surface area contributed by atoms with Crippen molar-refractivity contribution in [1.82, 2.24) is 20.4 Å². The molecule has 1 aromatic carbocycles.